The van der Waals surface area contributed by atoms with Crippen molar-refractivity contribution in [2.45, 2.75) is 44.4 Å². The maximum Gasteiger partial charge on any atom is 0.182 e. The average Bonchev–Trinajstić information content (AvgIpc) is 2.52. The van der Waals surface area contributed by atoms with Gasteiger partial charge in [0.25, 0.3) is 0 Å². The summed E-state index contributed by atoms with van der Waals surface area (Å²) < 4.78 is 25.1. The Morgan fingerprint density at radius 2 is 1.45 bits per heavy atom. The summed E-state index contributed by atoms with van der Waals surface area (Å²) in [7, 11) is 0. The molecule has 0 atom stereocenters. The van der Waals surface area contributed by atoms with Gasteiger partial charge in [-0.15, -0.1) is 36.3 Å². The van der Waals surface area contributed by atoms with Crippen LogP contribution in [-0.2, 0) is 0 Å². The molecule has 0 bridgehead atoms. The molecule has 1 rings (SSSR count). The molecule has 0 amide bonds. The zero-order chi connectivity index (χ0) is 16.2. The first-order chi connectivity index (χ1) is 10.7. The van der Waals surface area contributed by atoms with Crippen LogP contribution in [0.25, 0.3) is 0 Å². The van der Waals surface area contributed by atoms with Crippen LogP contribution < -0.4 is 9.47 Å². The van der Waals surface area contributed by atoms with Crippen molar-refractivity contribution in [2.75, 3.05) is 13.2 Å². The number of halogens is 1. The third kappa shape index (κ3) is 6.33. The van der Waals surface area contributed by atoms with Crippen LogP contribution >= 0.6 is 12.6 Å². The van der Waals surface area contributed by atoms with E-state index in [1.54, 1.807) is 26.0 Å². The second kappa shape index (κ2) is 10.9. The van der Waals surface area contributed by atoms with Gasteiger partial charge in [0.1, 0.15) is 5.75 Å². The van der Waals surface area contributed by atoms with Crippen LogP contribution in [-0.4, -0.2) is 13.2 Å². The molecule has 0 fully saturated rings. The highest BCUT2D eigenvalue weighted by molar-refractivity contribution is 7.80. The lowest BCUT2D eigenvalue weighted by molar-refractivity contribution is 0.282. The van der Waals surface area contributed by atoms with E-state index in [0.29, 0.717) is 19.0 Å². The van der Waals surface area contributed by atoms with Crippen LogP contribution in [0.2, 0.25) is 0 Å². The summed E-state index contributed by atoms with van der Waals surface area (Å²) in [6, 6.07) is 3.25. The van der Waals surface area contributed by atoms with E-state index in [1.165, 1.54) is 0 Å². The van der Waals surface area contributed by atoms with Gasteiger partial charge >= 0.3 is 0 Å². The van der Waals surface area contributed by atoms with Gasteiger partial charge in [-0.2, -0.15) is 0 Å². The van der Waals surface area contributed by atoms with Crippen molar-refractivity contribution in [1.82, 2.24) is 0 Å². The quantitative estimate of drug-likeness (QED) is 0.432. The van der Waals surface area contributed by atoms with Crippen molar-refractivity contribution in [3.63, 3.8) is 0 Å². The van der Waals surface area contributed by atoms with Gasteiger partial charge in [-0.3, -0.25) is 0 Å². The molecule has 0 unspecified atom stereocenters. The number of ether oxygens (including phenoxy) is 2. The lowest BCUT2D eigenvalue weighted by Gasteiger charge is -2.12. The normalized spacial score (nSPS) is 9.27. The molecule has 0 aliphatic heterocycles. The first-order valence-electron chi connectivity index (χ1n) is 7.27. The van der Waals surface area contributed by atoms with Gasteiger partial charge in [-0.05, 0) is 38.8 Å². The first kappa shape index (κ1) is 18.3. The molecule has 0 N–H and O–H groups in total. The van der Waals surface area contributed by atoms with Gasteiger partial charge < -0.3 is 9.47 Å². The van der Waals surface area contributed by atoms with E-state index in [4.69, 9.17) is 9.47 Å². The predicted molar refractivity (Wildman–Crippen MR) is 90.0 cm³/mol. The molecule has 118 valence electrons. The van der Waals surface area contributed by atoms with Crippen molar-refractivity contribution < 1.29 is 13.9 Å². The molecule has 0 heterocycles. The highest BCUT2D eigenvalue weighted by Crippen LogP contribution is 2.32. The minimum Gasteiger partial charge on any atom is -0.492 e. The fourth-order valence-electron chi connectivity index (χ4n) is 1.69. The summed E-state index contributed by atoms with van der Waals surface area (Å²) >= 11 is 4.17. The predicted octanol–water partition coefficient (Wildman–Crippen LogP) is 4.48. The zero-order valence-corrected chi connectivity index (χ0v) is 13.9. The van der Waals surface area contributed by atoms with Crippen LogP contribution in [0.3, 0.4) is 0 Å². The van der Waals surface area contributed by atoms with E-state index >= 15 is 0 Å². The topological polar surface area (TPSA) is 18.5 Å². The lowest BCUT2D eigenvalue weighted by atomic mass is 10.3. The molecule has 0 aliphatic rings. The summed E-state index contributed by atoms with van der Waals surface area (Å²) in [6.07, 6.45) is 3.07. The lowest BCUT2D eigenvalue weighted by Crippen LogP contribution is -2.02. The molecular weight excluding hydrogens is 299 g/mol. The molecule has 0 aromatic heterocycles. The maximum absolute atomic E-state index is 14.1. The second-order valence-corrected chi connectivity index (χ2v) is 4.93. The smallest absolute Gasteiger partial charge is 0.182 e. The van der Waals surface area contributed by atoms with E-state index in [9.17, 15) is 4.39 Å². The highest BCUT2D eigenvalue weighted by Gasteiger charge is 2.12. The number of hydrogen-bond acceptors (Lipinski definition) is 3. The van der Waals surface area contributed by atoms with Gasteiger partial charge in [0.2, 0.25) is 0 Å². The minimum absolute atomic E-state index is 0.174. The summed E-state index contributed by atoms with van der Waals surface area (Å²) in [4.78, 5) is 0.174. The molecule has 0 spiro atoms. The van der Waals surface area contributed by atoms with Crippen LogP contribution in [0.4, 0.5) is 4.39 Å². The fraction of sp³-hybridized carbons (Fsp3) is 0.444. The Morgan fingerprint density at radius 3 is 2.00 bits per heavy atom. The molecule has 1 aromatic carbocycles. The van der Waals surface area contributed by atoms with Crippen molar-refractivity contribution >= 4 is 12.6 Å². The Balaban J connectivity index is 2.51. The molecule has 0 saturated carbocycles. The standard InChI is InChI=1S/C18H21FO2S/c1-3-5-7-9-13-20-15-11-12-16(18(22)17(15)19)21-14-10-8-6-4-2/h11-12,22H,7-10,13-14H2,1-2H3. The Bertz CT molecular complexity index is 538. The van der Waals surface area contributed by atoms with Crippen molar-refractivity contribution in [1.29, 1.82) is 0 Å². The van der Waals surface area contributed by atoms with Gasteiger partial charge in [0.05, 0.1) is 18.1 Å². The Hall–Kier alpha value is -1.78. The molecule has 0 radical (unpaired) electrons. The van der Waals surface area contributed by atoms with E-state index in [0.717, 1.165) is 25.7 Å². The Labute approximate surface area is 137 Å². The molecule has 22 heavy (non-hydrogen) atoms. The minimum atomic E-state index is -0.490. The number of hydrogen-bond donors (Lipinski definition) is 1. The Morgan fingerprint density at radius 1 is 0.955 bits per heavy atom. The SMILES string of the molecule is CC#CCCCOc1ccc(OCCCC#CC)c(S)c1F. The summed E-state index contributed by atoms with van der Waals surface area (Å²) in [5.41, 5.74) is 0. The summed E-state index contributed by atoms with van der Waals surface area (Å²) in [5.74, 6) is 11.7. The Kier molecular flexibility index (Phi) is 9.03. The van der Waals surface area contributed by atoms with E-state index in [-0.39, 0.29) is 10.6 Å². The average molecular weight is 320 g/mol. The van der Waals surface area contributed by atoms with Crippen molar-refractivity contribution in [3.05, 3.63) is 17.9 Å². The molecule has 0 aliphatic carbocycles. The number of unbranched alkanes of at least 4 members (excludes halogenated alkanes) is 2. The second-order valence-electron chi connectivity index (χ2n) is 4.48. The molecule has 2 nitrogen and oxygen atoms in total. The maximum atomic E-state index is 14.1. The van der Waals surface area contributed by atoms with Gasteiger partial charge in [0, 0.05) is 12.8 Å². The third-order valence-electron chi connectivity index (χ3n) is 2.80. The fourth-order valence-corrected chi connectivity index (χ4v) is 1.94. The van der Waals surface area contributed by atoms with Gasteiger partial charge in [-0.1, -0.05) is 0 Å². The van der Waals surface area contributed by atoms with Gasteiger partial charge in [0.15, 0.2) is 11.6 Å². The van der Waals surface area contributed by atoms with Crippen molar-refractivity contribution in [3.8, 4) is 35.2 Å². The van der Waals surface area contributed by atoms with E-state index in [2.05, 4.69) is 36.3 Å². The van der Waals surface area contributed by atoms with Crippen molar-refractivity contribution in [2.24, 2.45) is 0 Å². The number of benzene rings is 1. The molecular formula is C18H21FO2S. The number of thiol groups is 1. The molecule has 1 aromatic rings. The van der Waals surface area contributed by atoms with Crippen LogP contribution in [0.5, 0.6) is 11.5 Å². The number of rotatable bonds is 8. The molecule has 0 saturated heterocycles. The highest BCUT2D eigenvalue weighted by atomic mass is 32.1. The summed E-state index contributed by atoms with van der Waals surface area (Å²) in [5, 5.41) is 0. The van der Waals surface area contributed by atoms with Crippen LogP contribution in [0, 0.1) is 29.5 Å². The van der Waals surface area contributed by atoms with Crippen LogP contribution in [0.1, 0.15) is 39.5 Å². The first-order valence-corrected chi connectivity index (χ1v) is 7.71. The zero-order valence-electron chi connectivity index (χ0n) is 13.0. The van der Waals surface area contributed by atoms with Crippen LogP contribution in [0.15, 0.2) is 17.0 Å². The largest absolute Gasteiger partial charge is 0.492 e. The summed E-state index contributed by atoms with van der Waals surface area (Å²) in [6.45, 7) is 4.50. The van der Waals surface area contributed by atoms with E-state index < -0.39 is 5.82 Å². The van der Waals surface area contributed by atoms with Gasteiger partial charge in [-0.25, -0.2) is 4.39 Å². The van der Waals surface area contributed by atoms with E-state index in [1.807, 2.05) is 0 Å². The monoisotopic (exact) mass is 320 g/mol. The molecule has 4 heteroatoms. The third-order valence-corrected chi connectivity index (χ3v) is 3.22.